The summed E-state index contributed by atoms with van der Waals surface area (Å²) in [5.74, 6) is 1.75. The second-order valence-corrected chi connectivity index (χ2v) is 4.98. The molecule has 1 unspecified atom stereocenters. The molecule has 1 saturated carbocycles. The highest BCUT2D eigenvalue weighted by Crippen LogP contribution is 2.37. The van der Waals surface area contributed by atoms with Crippen molar-refractivity contribution in [3.8, 4) is 0 Å². The van der Waals surface area contributed by atoms with E-state index < -0.39 is 6.10 Å². The number of hydrogen-bond donors (Lipinski definition) is 1. The summed E-state index contributed by atoms with van der Waals surface area (Å²) in [7, 11) is 0. The first kappa shape index (κ1) is 11.0. The standard InChI is InChI=1S/C12H17ClO2/c1-8-2-4-9(5-3-8)12(14)10-6-7-11(13)15-10/h6-9,12,14H,2-5H2,1H3. The second-order valence-electron chi connectivity index (χ2n) is 4.61. The Kier molecular flexibility index (Phi) is 3.37. The quantitative estimate of drug-likeness (QED) is 0.836. The van der Waals surface area contributed by atoms with Crippen LogP contribution in [-0.2, 0) is 0 Å². The van der Waals surface area contributed by atoms with E-state index in [9.17, 15) is 5.11 Å². The van der Waals surface area contributed by atoms with E-state index in [1.165, 1.54) is 12.8 Å². The van der Waals surface area contributed by atoms with Crippen molar-refractivity contribution in [1.82, 2.24) is 0 Å². The molecule has 0 aliphatic heterocycles. The Hall–Kier alpha value is -0.470. The Labute approximate surface area is 95.2 Å². The lowest BCUT2D eigenvalue weighted by Gasteiger charge is -2.28. The monoisotopic (exact) mass is 228 g/mol. The predicted octanol–water partition coefficient (Wildman–Crippen LogP) is 3.79. The fraction of sp³-hybridized carbons (Fsp3) is 0.667. The minimum absolute atomic E-state index is 0.336. The van der Waals surface area contributed by atoms with Crippen molar-refractivity contribution >= 4 is 11.6 Å². The van der Waals surface area contributed by atoms with Gasteiger partial charge in [-0.15, -0.1) is 0 Å². The van der Waals surface area contributed by atoms with Crippen LogP contribution in [-0.4, -0.2) is 5.11 Å². The molecule has 1 aromatic rings. The summed E-state index contributed by atoms with van der Waals surface area (Å²) < 4.78 is 5.24. The molecule has 2 nitrogen and oxygen atoms in total. The molecule has 0 saturated heterocycles. The molecule has 0 amide bonds. The molecule has 1 N–H and O–H groups in total. The SMILES string of the molecule is CC1CCC(C(O)c2ccc(Cl)o2)CC1. The first-order valence-corrected chi connectivity index (χ1v) is 5.98. The minimum Gasteiger partial charge on any atom is -0.447 e. The molecule has 1 aliphatic carbocycles. The molecule has 2 rings (SSSR count). The summed E-state index contributed by atoms with van der Waals surface area (Å²) in [5, 5.41) is 10.4. The second kappa shape index (κ2) is 4.58. The van der Waals surface area contributed by atoms with Gasteiger partial charge in [0.2, 0.25) is 0 Å². The van der Waals surface area contributed by atoms with Gasteiger partial charge < -0.3 is 9.52 Å². The molecule has 0 spiro atoms. The van der Waals surface area contributed by atoms with Crippen LogP contribution in [0, 0.1) is 11.8 Å². The molecule has 0 bridgehead atoms. The van der Waals surface area contributed by atoms with E-state index in [1.54, 1.807) is 12.1 Å². The van der Waals surface area contributed by atoms with Crippen molar-refractivity contribution in [2.24, 2.45) is 11.8 Å². The van der Waals surface area contributed by atoms with Gasteiger partial charge >= 0.3 is 0 Å². The van der Waals surface area contributed by atoms with Gasteiger partial charge in [0.05, 0.1) is 0 Å². The van der Waals surface area contributed by atoms with Gasteiger partial charge in [-0.25, -0.2) is 0 Å². The number of rotatable bonds is 2. The molecule has 0 radical (unpaired) electrons. The number of aliphatic hydroxyl groups excluding tert-OH is 1. The topological polar surface area (TPSA) is 33.4 Å². The van der Waals surface area contributed by atoms with E-state index in [2.05, 4.69) is 6.92 Å². The van der Waals surface area contributed by atoms with Gasteiger partial charge in [0, 0.05) is 0 Å². The Balaban J connectivity index is 1.99. The third kappa shape index (κ3) is 2.56. The maximum absolute atomic E-state index is 10.1. The van der Waals surface area contributed by atoms with Crippen LogP contribution in [0.1, 0.15) is 44.5 Å². The molecular formula is C12H17ClO2. The Bertz CT molecular complexity index is 313. The summed E-state index contributed by atoms with van der Waals surface area (Å²) >= 11 is 5.69. The minimum atomic E-state index is -0.481. The molecule has 15 heavy (non-hydrogen) atoms. The molecule has 1 atom stereocenters. The highest BCUT2D eigenvalue weighted by atomic mass is 35.5. The van der Waals surface area contributed by atoms with E-state index in [0.29, 0.717) is 16.9 Å². The van der Waals surface area contributed by atoms with E-state index >= 15 is 0 Å². The summed E-state index contributed by atoms with van der Waals surface area (Å²) in [6.45, 7) is 2.27. The van der Waals surface area contributed by atoms with Crippen LogP contribution in [0.3, 0.4) is 0 Å². The van der Waals surface area contributed by atoms with E-state index in [1.807, 2.05) is 0 Å². The number of aliphatic hydroxyl groups is 1. The maximum Gasteiger partial charge on any atom is 0.193 e. The normalized spacial score (nSPS) is 29.0. The number of hydrogen-bond acceptors (Lipinski definition) is 2. The van der Waals surface area contributed by atoms with Gasteiger partial charge in [0.15, 0.2) is 5.22 Å². The average Bonchev–Trinajstić information content (AvgIpc) is 2.65. The van der Waals surface area contributed by atoms with Gasteiger partial charge in [-0.2, -0.15) is 0 Å². The zero-order valence-electron chi connectivity index (χ0n) is 8.95. The zero-order valence-corrected chi connectivity index (χ0v) is 9.70. The summed E-state index contributed by atoms with van der Waals surface area (Å²) in [4.78, 5) is 0. The number of furan rings is 1. The third-order valence-electron chi connectivity index (χ3n) is 3.39. The van der Waals surface area contributed by atoms with E-state index in [-0.39, 0.29) is 0 Å². The van der Waals surface area contributed by atoms with Crippen molar-refractivity contribution < 1.29 is 9.52 Å². The van der Waals surface area contributed by atoms with Gasteiger partial charge in [-0.05, 0) is 48.4 Å². The molecule has 0 aromatic carbocycles. The van der Waals surface area contributed by atoms with E-state index in [0.717, 1.165) is 18.8 Å². The van der Waals surface area contributed by atoms with Crippen molar-refractivity contribution in [2.45, 2.75) is 38.7 Å². The highest BCUT2D eigenvalue weighted by molar-refractivity contribution is 6.28. The van der Waals surface area contributed by atoms with Gasteiger partial charge in [-0.1, -0.05) is 19.8 Å². The molecule has 1 aliphatic rings. The maximum atomic E-state index is 10.1. The van der Waals surface area contributed by atoms with Crippen molar-refractivity contribution in [3.05, 3.63) is 23.1 Å². The fourth-order valence-corrected chi connectivity index (χ4v) is 2.47. The first-order chi connectivity index (χ1) is 7.16. The van der Waals surface area contributed by atoms with Gasteiger partial charge in [0.25, 0.3) is 0 Å². The first-order valence-electron chi connectivity index (χ1n) is 5.60. The van der Waals surface area contributed by atoms with Crippen LogP contribution >= 0.6 is 11.6 Å². The van der Waals surface area contributed by atoms with E-state index in [4.69, 9.17) is 16.0 Å². The lowest BCUT2D eigenvalue weighted by molar-refractivity contribution is 0.0576. The Morgan fingerprint density at radius 1 is 1.33 bits per heavy atom. The lowest BCUT2D eigenvalue weighted by atomic mass is 9.80. The Morgan fingerprint density at radius 2 is 2.00 bits per heavy atom. The molecule has 1 heterocycles. The van der Waals surface area contributed by atoms with Gasteiger partial charge in [-0.3, -0.25) is 0 Å². The number of halogens is 1. The highest BCUT2D eigenvalue weighted by Gasteiger charge is 2.27. The molecular weight excluding hydrogens is 212 g/mol. The van der Waals surface area contributed by atoms with Crippen LogP contribution in [0.25, 0.3) is 0 Å². The smallest absolute Gasteiger partial charge is 0.193 e. The molecule has 1 aromatic heterocycles. The molecule has 84 valence electrons. The predicted molar refractivity (Wildman–Crippen MR) is 59.8 cm³/mol. The van der Waals surface area contributed by atoms with Crippen LogP contribution in [0.4, 0.5) is 0 Å². The molecule has 3 heteroatoms. The zero-order chi connectivity index (χ0) is 10.8. The summed E-state index contributed by atoms with van der Waals surface area (Å²) in [6, 6.07) is 3.45. The van der Waals surface area contributed by atoms with Crippen molar-refractivity contribution in [3.63, 3.8) is 0 Å². The summed E-state index contributed by atoms with van der Waals surface area (Å²) in [6.07, 6.45) is 4.10. The lowest BCUT2D eigenvalue weighted by Crippen LogP contribution is -2.18. The largest absolute Gasteiger partial charge is 0.447 e. The van der Waals surface area contributed by atoms with Crippen LogP contribution in [0.2, 0.25) is 5.22 Å². The summed E-state index contributed by atoms with van der Waals surface area (Å²) in [5.41, 5.74) is 0. The third-order valence-corrected chi connectivity index (χ3v) is 3.60. The average molecular weight is 229 g/mol. The van der Waals surface area contributed by atoms with Crippen LogP contribution in [0.15, 0.2) is 16.5 Å². The fourth-order valence-electron chi connectivity index (χ4n) is 2.32. The molecule has 1 fully saturated rings. The van der Waals surface area contributed by atoms with Crippen molar-refractivity contribution in [2.75, 3.05) is 0 Å². The van der Waals surface area contributed by atoms with Crippen molar-refractivity contribution in [1.29, 1.82) is 0 Å². The van der Waals surface area contributed by atoms with Crippen LogP contribution < -0.4 is 0 Å². The Morgan fingerprint density at radius 3 is 2.53 bits per heavy atom. The van der Waals surface area contributed by atoms with Gasteiger partial charge in [0.1, 0.15) is 11.9 Å². The van der Waals surface area contributed by atoms with Crippen LogP contribution in [0.5, 0.6) is 0 Å².